The van der Waals surface area contributed by atoms with Crippen LogP contribution >= 0.6 is 38.6 Å². The van der Waals surface area contributed by atoms with Gasteiger partial charge in [0.05, 0.1) is 29.5 Å². The van der Waals surface area contributed by atoms with Gasteiger partial charge in [0.15, 0.2) is 14.6 Å². The second-order valence-corrected chi connectivity index (χ2v) is 14.3. The molecule has 1 aromatic carbocycles. The Bertz CT molecular complexity index is 1690. The Balaban J connectivity index is 1.53. The van der Waals surface area contributed by atoms with Gasteiger partial charge in [-0.2, -0.15) is 4.99 Å². The number of rotatable bonds is 9. The van der Waals surface area contributed by atoms with Crippen LogP contribution in [0.2, 0.25) is 0 Å². The van der Waals surface area contributed by atoms with E-state index in [9.17, 15) is 27.6 Å². The summed E-state index contributed by atoms with van der Waals surface area (Å²) in [6, 6.07) is 5.30. The van der Waals surface area contributed by atoms with Gasteiger partial charge in [-0.25, -0.2) is 13.2 Å². The largest absolute Gasteiger partial charge is 0.465 e. The third kappa shape index (κ3) is 7.70. The second-order valence-electron chi connectivity index (χ2n) is 9.23. The molecule has 15 heteroatoms. The molecule has 1 aliphatic carbocycles. The third-order valence-electron chi connectivity index (χ3n) is 6.22. The SMILES string of the molecule is CCOC(=O)Cn1c(=NC(=O)CS(=O)(=O)CC(=O)Nc2sc3c(c2C(=O)OC)CCCCC3)sc2cc(Br)ccc21. The Labute approximate surface area is 252 Å². The number of anilines is 1. The van der Waals surface area contributed by atoms with E-state index in [0.29, 0.717) is 16.6 Å². The van der Waals surface area contributed by atoms with Crippen molar-refractivity contribution in [2.45, 2.75) is 45.6 Å². The van der Waals surface area contributed by atoms with Gasteiger partial charge < -0.3 is 19.4 Å². The van der Waals surface area contributed by atoms with Gasteiger partial charge in [0.1, 0.15) is 23.1 Å². The molecule has 4 rings (SSSR count). The number of hydrogen-bond donors (Lipinski definition) is 1. The van der Waals surface area contributed by atoms with Gasteiger partial charge >= 0.3 is 11.9 Å². The van der Waals surface area contributed by atoms with Gasteiger partial charge in [-0.05, 0) is 56.4 Å². The molecule has 1 N–H and O–H groups in total. The maximum Gasteiger partial charge on any atom is 0.341 e. The summed E-state index contributed by atoms with van der Waals surface area (Å²) in [5.41, 5.74) is 1.71. The van der Waals surface area contributed by atoms with Crippen molar-refractivity contribution in [2.24, 2.45) is 4.99 Å². The van der Waals surface area contributed by atoms with E-state index in [-0.39, 0.29) is 28.5 Å². The number of hydrogen-bond acceptors (Lipinski definition) is 10. The zero-order valence-electron chi connectivity index (χ0n) is 22.4. The van der Waals surface area contributed by atoms with Crippen molar-refractivity contribution >= 4 is 87.4 Å². The Morgan fingerprint density at radius 1 is 1.10 bits per heavy atom. The summed E-state index contributed by atoms with van der Waals surface area (Å²) < 4.78 is 38.5. The molecule has 2 heterocycles. The molecule has 0 saturated carbocycles. The number of benzene rings is 1. The molecule has 0 unspecified atom stereocenters. The van der Waals surface area contributed by atoms with Gasteiger partial charge in [0, 0.05) is 9.35 Å². The first-order valence-corrected chi connectivity index (χ1v) is 17.0. The average molecular weight is 687 g/mol. The number of sulfone groups is 1. The van der Waals surface area contributed by atoms with Crippen LogP contribution in [0.15, 0.2) is 27.7 Å². The van der Waals surface area contributed by atoms with Gasteiger partial charge in [0.25, 0.3) is 5.91 Å². The number of thiazole rings is 1. The van der Waals surface area contributed by atoms with Gasteiger partial charge in [-0.1, -0.05) is 33.7 Å². The molecule has 3 aromatic rings. The smallest absolute Gasteiger partial charge is 0.341 e. The van der Waals surface area contributed by atoms with Crippen molar-refractivity contribution in [1.29, 1.82) is 0 Å². The van der Waals surface area contributed by atoms with Crippen molar-refractivity contribution in [1.82, 2.24) is 4.57 Å². The van der Waals surface area contributed by atoms with Gasteiger partial charge in [0.2, 0.25) is 5.91 Å². The topological polar surface area (TPSA) is 150 Å². The number of halogens is 1. The number of nitrogens with one attached hydrogen (secondary N) is 1. The first-order chi connectivity index (χ1) is 19.5. The summed E-state index contributed by atoms with van der Waals surface area (Å²) in [6.45, 7) is 1.63. The van der Waals surface area contributed by atoms with Crippen LogP contribution < -0.4 is 10.1 Å². The molecule has 0 atom stereocenters. The molecule has 11 nitrogen and oxygen atoms in total. The Kier molecular flexibility index (Phi) is 10.2. The normalized spacial score (nSPS) is 13.9. The summed E-state index contributed by atoms with van der Waals surface area (Å²) in [7, 11) is -2.97. The van der Waals surface area contributed by atoms with E-state index >= 15 is 0 Å². The molecule has 41 heavy (non-hydrogen) atoms. The lowest BCUT2D eigenvalue weighted by molar-refractivity contribution is -0.143. The Morgan fingerprint density at radius 2 is 1.85 bits per heavy atom. The number of fused-ring (bicyclic) bond motifs is 2. The van der Waals surface area contributed by atoms with Crippen molar-refractivity contribution in [3.63, 3.8) is 0 Å². The molecule has 1 aliphatic rings. The zero-order chi connectivity index (χ0) is 29.7. The quantitative estimate of drug-likeness (QED) is 0.265. The fraction of sp³-hybridized carbons (Fsp3) is 0.423. The van der Waals surface area contributed by atoms with Crippen molar-refractivity contribution in [2.75, 3.05) is 30.5 Å². The highest BCUT2D eigenvalue weighted by molar-refractivity contribution is 9.10. The number of carbonyl (C=O) groups excluding carboxylic acids is 4. The average Bonchev–Trinajstić information content (AvgIpc) is 3.28. The summed E-state index contributed by atoms with van der Waals surface area (Å²) in [5.74, 6) is -4.97. The highest BCUT2D eigenvalue weighted by Gasteiger charge is 2.28. The number of thiophene rings is 1. The van der Waals surface area contributed by atoms with Crippen LogP contribution in [0.3, 0.4) is 0 Å². The molecule has 0 saturated heterocycles. The zero-order valence-corrected chi connectivity index (χ0v) is 26.4. The minimum atomic E-state index is -4.22. The van der Waals surface area contributed by atoms with E-state index in [1.165, 1.54) is 23.0 Å². The number of esters is 2. The molecule has 0 aliphatic heterocycles. The number of nitrogens with zero attached hydrogens (tertiary/aromatic N) is 2. The van der Waals surface area contributed by atoms with E-state index in [0.717, 1.165) is 51.9 Å². The van der Waals surface area contributed by atoms with Crippen LogP contribution in [0, 0.1) is 0 Å². The van der Waals surface area contributed by atoms with Crippen LogP contribution in [-0.2, 0) is 53.1 Å². The summed E-state index contributed by atoms with van der Waals surface area (Å²) >= 11 is 5.74. The van der Waals surface area contributed by atoms with Crippen molar-refractivity contribution in [3.8, 4) is 0 Å². The lowest BCUT2D eigenvalue weighted by Crippen LogP contribution is -2.29. The van der Waals surface area contributed by atoms with Crippen molar-refractivity contribution < 1.29 is 37.1 Å². The third-order valence-corrected chi connectivity index (χ3v) is 10.3. The van der Waals surface area contributed by atoms with E-state index in [1.54, 1.807) is 25.1 Å². The number of aryl methyl sites for hydroxylation is 1. The highest BCUT2D eigenvalue weighted by Crippen LogP contribution is 2.38. The fourth-order valence-corrected chi connectivity index (χ4v) is 8.42. The summed E-state index contributed by atoms with van der Waals surface area (Å²) in [5, 5.41) is 2.79. The second kappa shape index (κ2) is 13.4. The predicted octanol–water partition coefficient (Wildman–Crippen LogP) is 3.63. The molecule has 0 bridgehead atoms. The van der Waals surface area contributed by atoms with Crippen LogP contribution in [-0.4, -0.2) is 62.0 Å². The maximum absolute atomic E-state index is 12.8. The lowest BCUT2D eigenvalue weighted by Gasteiger charge is -2.08. The molecule has 0 radical (unpaired) electrons. The summed E-state index contributed by atoms with van der Waals surface area (Å²) in [6.07, 6.45) is 4.32. The number of methoxy groups -OCH3 is 1. The van der Waals surface area contributed by atoms with Crippen molar-refractivity contribution in [3.05, 3.63) is 43.5 Å². The van der Waals surface area contributed by atoms with Crippen LogP contribution in [0.4, 0.5) is 5.00 Å². The molecule has 0 spiro atoms. The lowest BCUT2D eigenvalue weighted by atomic mass is 10.1. The first kappa shape index (κ1) is 31.1. The monoisotopic (exact) mass is 685 g/mol. The maximum atomic E-state index is 12.8. The summed E-state index contributed by atoms with van der Waals surface area (Å²) in [4.78, 5) is 55.3. The van der Waals surface area contributed by atoms with Crippen LogP contribution in [0.25, 0.3) is 10.2 Å². The Morgan fingerprint density at radius 3 is 2.59 bits per heavy atom. The molecular weight excluding hydrogens is 658 g/mol. The molecular formula is C26H28BrN3O8S3. The fourth-order valence-electron chi connectivity index (χ4n) is 4.51. The first-order valence-electron chi connectivity index (χ1n) is 12.8. The van der Waals surface area contributed by atoms with E-state index in [1.807, 2.05) is 0 Å². The number of aromatic nitrogens is 1. The van der Waals surface area contributed by atoms with Crippen LogP contribution in [0.1, 0.15) is 47.0 Å². The highest BCUT2D eigenvalue weighted by atomic mass is 79.9. The predicted molar refractivity (Wildman–Crippen MR) is 159 cm³/mol. The Hall–Kier alpha value is -2.88. The number of amides is 2. The van der Waals surface area contributed by atoms with E-state index < -0.39 is 45.1 Å². The van der Waals surface area contributed by atoms with Gasteiger partial charge in [-0.3, -0.25) is 14.4 Å². The van der Waals surface area contributed by atoms with Gasteiger partial charge in [-0.15, -0.1) is 11.3 Å². The molecule has 2 aromatic heterocycles. The molecule has 2 amide bonds. The van der Waals surface area contributed by atoms with Crippen LogP contribution in [0.5, 0.6) is 0 Å². The van der Waals surface area contributed by atoms with E-state index in [2.05, 4.69) is 26.2 Å². The standard InChI is InChI=1S/C26H28BrN3O8S3/c1-3-38-22(33)12-30-17-10-9-15(27)11-19(17)40-26(30)29-21(32)14-41(35,36)13-20(31)28-24-23(25(34)37-2)16-7-5-4-6-8-18(16)39-24/h9-11H,3-8,12-14H2,1-2H3,(H,28,31). The molecule has 0 fully saturated rings. The minimum Gasteiger partial charge on any atom is -0.465 e. The van der Waals surface area contributed by atoms with E-state index in [4.69, 9.17) is 9.47 Å². The number of carbonyl (C=O) groups is 4. The minimum absolute atomic E-state index is 0.124. The number of ether oxygens (including phenoxy) is 2. The molecule has 220 valence electrons.